The lowest BCUT2D eigenvalue weighted by Crippen LogP contribution is -2.54. The van der Waals surface area contributed by atoms with Crippen molar-refractivity contribution >= 4 is 5.82 Å². The van der Waals surface area contributed by atoms with Gasteiger partial charge in [0.05, 0.1) is 17.7 Å². The van der Waals surface area contributed by atoms with E-state index >= 15 is 0 Å². The summed E-state index contributed by atoms with van der Waals surface area (Å²) in [6.45, 7) is 7.20. The van der Waals surface area contributed by atoms with Gasteiger partial charge in [-0.25, -0.2) is 4.98 Å². The highest BCUT2D eigenvalue weighted by atomic mass is 15.3. The molecule has 0 saturated carbocycles. The third-order valence-corrected chi connectivity index (χ3v) is 3.54. The van der Waals surface area contributed by atoms with Gasteiger partial charge in [-0.2, -0.15) is 10.5 Å². The Balaban J connectivity index is 2.04. The van der Waals surface area contributed by atoms with E-state index in [-0.39, 0.29) is 0 Å². The van der Waals surface area contributed by atoms with Gasteiger partial charge in [-0.05, 0) is 26.0 Å². The Kier molecular flexibility index (Phi) is 3.69. The summed E-state index contributed by atoms with van der Waals surface area (Å²) >= 11 is 0. The van der Waals surface area contributed by atoms with E-state index in [2.05, 4.69) is 26.9 Å². The van der Waals surface area contributed by atoms with Crippen molar-refractivity contribution in [3.8, 4) is 12.1 Å². The zero-order valence-electron chi connectivity index (χ0n) is 11.3. The second-order valence-electron chi connectivity index (χ2n) is 5.16. The first-order valence-electron chi connectivity index (χ1n) is 6.34. The fourth-order valence-corrected chi connectivity index (χ4v) is 2.23. The minimum atomic E-state index is -0.423. The van der Waals surface area contributed by atoms with Crippen LogP contribution in [0.5, 0.6) is 0 Å². The highest BCUT2D eigenvalue weighted by Crippen LogP contribution is 2.19. The molecule has 5 nitrogen and oxygen atoms in total. The van der Waals surface area contributed by atoms with Crippen LogP contribution in [0.25, 0.3) is 0 Å². The summed E-state index contributed by atoms with van der Waals surface area (Å²) in [5.74, 6) is 0.841. The zero-order chi connectivity index (χ0) is 13.9. The first-order valence-corrected chi connectivity index (χ1v) is 6.34. The minimum absolute atomic E-state index is 0.423. The first kappa shape index (κ1) is 13.3. The lowest BCUT2D eigenvalue weighted by molar-refractivity contribution is 0.158. The van der Waals surface area contributed by atoms with Crippen LogP contribution in [0.15, 0.2) is 18.3 Å². The minimum Gasteiger partial charge on any atom is -0.354 e. The van der Waals surface area contributed by atoms with E-state index in [0.29, 0.717) is 5.56 Å². The van der Waals surface area contributed by atoms with Crippen LogP contribution < -0.4 is 4.90 Å². The summed E-state index contributed by atoms with van der Waals surface area (Å²) in [6.07, 6.45) is 1.67. The SMILES string of the molecule is CC(C)(C#N)N1CCN(c2cc(C#N)ccn2)CC1. The fourth-order valence-electron chi connectivity index (χ4n) is 2.23. The summed E-state index contributed by atoms with van der Waals surface area (Å²) in [5.41, 5.74) is 0.207. The maximum Gasteiger partial charge on any atom is 0.129 e. The van der Waals surface area contributed by atoms with Crippen LogP contribution in [0.3, 0.4) is 0 Å². The van der Waals surface area contributed by atoms with E-state index in [1.807, 2.05) is 19.9 Å². The van der Waals surface area contributed by atoms with Crippen LogP contribution in [0, 0.1) is 22.7 Å². The standard InChI is InChI=1S/C14H17N5/c1-14(2,11-16)19-7-5-18(6-8-19)13-9-12(10-15)3-4-17-13/h3-4,9H,5-8H2,1-2H3. The largest absolute Gasteiger partial charge is 0.354 e. The fraction of sp³-hybridized carbons (Fsp3) is 0.500. The molecule has 1 aromatic heterocycles. The maximum absolute atomic E-state index is 9.14. The van der Waals surface area contributed by atoms with Gasteiger partial charge in [0.2, 0.25) is 0 Å². The van der Waals surface area contributed by atoms with Crippen molar-refractivity contribution in [1.29, 1.82) is 10.5 Å². The Morgan fingerprint density at radius 1 is 1.21 bits per heavy atom. The molecule has 98 valence electrons. The lowest BCUT2D eigenvalue weighted by Gasteiger charge is -2.40. The summed E-state index contributed by atoms with van der Waals surface area (Å²) in [7, 11) is 0. The van der Waals surface area contributed by atoms with Gasteiger partial charge in [-0.3, -0.25) is 4.90 Å². The summed E-state index contributed by atoms with van der Waals surface area (Å²) in [5, 5.41) is 18.0. The molecule has 0 aromatic carbocycles. The molecule has 0 bridgehead atoms. The number of piperazine rings is 1. The number of nitrogens with zero attached hydrogens (tertiary/aromatic N) is 5. The molecule has 1 fully saturated rings. The topological polar surface area (TPSA) is 67.0 Å². The van der Waals surface area contributed by atoms with Crippen LogP contribution in [0.2, 0.25) is 0 Å². The van der Waals surface area contributed by atoms with Crippen molar-refractivity contribution in [3.63, 3.8) is 0 Å². The van der Waals surface area contributed by atoms with Gasteiger partial charge < -0.3 is 4.90 Å². The van der Waals surface area contributed by atoms with Crippen LogP contribution in [0.4, 0.5) is 5.82 Å². The number of hydrogen-bond donors (Lipinski definition) is 0. The van der Waals surface area contributed by atoms with Gasteiger partial charge >= 0.3 is 0 Å². The third kappa shape index (κ3) is 2.83. The van der Waals surface area contributed by atoms with Crippen LogP contribution in [-0.2, 0) is 0 Å². The number of pyridine rings is 1. The van der Waals surface area contributed by atoms with E-state index < -0.39 is 5.54 Å². The molecular formula is C14H17N5. The lowest BCUT2D eigenvalue weighted by atomic mass is 10.0. The second-order valence-corrected chi connectivity index (χ2v) is 5.16. The van der Waals surface area contributed by atoms with Gasteiger partial charge in [0, 0.05) is 32.4 Å². The average molecular weight is 255 g/mol. The molecule has 0 amide bonds. The molecule has 0 spiro atoms. The molecule has 2 heterocycles. The van der Waals surface area contributed by atoms with E-state index in [9.17, 15) is 0 Å². The van der Waals surface area contributed by atoms with Crippen LogP contribution in [0.1, 0.15) is 19.4 Å². The van der Waals surface area contributed by atoms with Crippen LogP contribution >= 0.6 is 0 Å². The molecule has 5 heteroatoms. The second kappa shape index (κ2) is 5.26. The smallest absolute Gasteiger partial charge is 0.129 e. The quantitative estimate of drug-likeness (QED) is 0.798. The summed E-state index contributed by atoms with van der Waals surface area (Å²) in [6, 6.07) is 7.98. The molecule has 0 N–H and O–H groups in total. The van der Waals surface area contributed by atoms with Gasteiger partial charge in [0.1, 0.15) is 11.4 Å². The summed E-state index contributed by atoms with van der Waals surface area (Å²) in [4.78, 5) is 8.65. The Bertz CT molecular complexity index is 530. The predicted molar refractivity (Wildman–Crippen MR) is 72.4 cm³/mol. The predicted octanol–water partition coefficient (Wildman–Crippen LogP) is 1.38. The van der Waals surface area contributed by atoms with Gasteiger partial charge in [-0.15, -0.1) is 0 Å². The summed E-state index contributed by atoms with van der Waals surface area (Å²) < 4.78 is 0. The highest BCUT2D eigenvalue weighted by molar-refractivity contribution is 5.45. The monoisotopic (exact) mass is 255 g/mol. The molecule has 1 saturated heterocycles. The Morgan fingerprint density at radius 3 is 2.47 bits per heavy atom. The molecule has 1 aromatic rings. The molecule has 0 radical (unpaired) electrons. The van der Waals surface area contributed by atoms with E-state index in [4.69, 9.17) is 10.5 Å². The van der Waals surface area contributed by atoms with Gasteiger partial charge in [0.15, 0.2) is 0 Å². The van der Waals surface area contributed by atoms with Crippen molar-refractivity contribution in [2.24, 2.45) is 0 Å². The van der Waals surface area contributed by atoms with Crippen molar-refractivity contribution in [1.82, 2.24) is 9.88 Å². The van der Waals surface area contributed by atoms with Crippen molar-refractivity contribution in [3.05, 3.63) is 23.9 Å². The molecular weight excluding hydrogens is 238 g/mol. The Morgan fingerprint density at radius 2 is 1.89 bits per heavy atom. The Labute approximate surface area is 113 Å². The number of rotatable bonds is 2. The molecule has 2 rings (SSSR count). The van der Waals surface area contributed by atoms with E-state index in [1.54, 1.807) is 12.3 Å². The van der Waals surface area contributed by atoms with Crippen LogP contribution in [-0.4, -0.2) is 41.6 Å². The number of nitriles is 2. The van der Waals surface area contributed by atoms with Crippen molar-refractivity contribution < 1.29 is 0 Å². The van der Waals surface area contributed by atoms with Gasteiger partial charge in [-0.1, -0.05) is 0 Å². The van der Waals surface area contributed by atoms with E-state index in [0.717, 1.165) is 32.0 Å². The molecule has 0 atom stereocenters. The number of hydrogen-bond acceptors (Lipinski definition) is 5. The molecule has 1 aliphatic rings. The number of anilines is 1. The average Bonchev–Trinajstić information content (AvgIpc) is 2.47. The Hall–Kier alpha value is -2.11. The molecule has 1 aliphatic heterocycles. The highest BCUT2D eigenvalue weighted by Gasteiger charge is 2.29. The van der Waals surface area contributed by atoms with E-state index in [1.165, 1.54) is 0 Å². The molecule has 19 heavy (non-hydrogen) atoms. The first-order chi connectivity index (χ1) is 9.06. The third-order valence-electron chi connectivity index (χ3n) is 3.54. The van der Waals surface area contributed by atoms with Crippen molar-refractivity contribution in [2.45, 2.75) is 19.4 Å². The van der Waals surface area contributed by atoms with Gasteiger partial charge in [0.25, 0.3) is 0 Å². The molecule has 0 aliphatic carbocycles. The maximum atomic E-state index is 9.14. The zero-order valence-corrected chi connectivity index (χ0v) is 11.3. The van der Waals surface area contributed by atoms with Crippen molar-refractivity contribution in [2.75, 3.05) is 31.1 Å². The molecule has 0 unspecified atom stereocenters. The number of aromatic nitrogens is 1. The normalized spacial score (nSPS) is 16.7.